The van der Waals surface area contributed by atoms with Gasteiger partial charge in [-0.15, -0.1) is 0 Å². The lowest BCUT2D eigenvalue weighted by Crippen LogP contribution is -2.35. The van der Waals surface area contributed by atoms with Crippen LogP contribution in [0.15, 0.2) is 36.4 Å². The third-order valence-corrected chi connectivity index (χ3v) is 4.38. The number of ether oxygens (including phenoxy) is 1. The number of anilines is 1. The number of aldehydes is 1. The van der Waals surface area contributed by atoms with Crippen molar-refractivity contribution in [2.45, 2.75) is 13.5 Å². The highest BCUT2D eigenvalue weighted by atomic mass is 19.1. The molecule has 1 aliphatic rings. The maximum Gasteiger partial charge on any atom is 0.153 e. The van der Waals surface area contributed by atoms with Gasteiger partial charge in [-0.2, -0.15) is 0 Å². The van der Waals surface area contributed by atoms with Gasteiger partial charge in [0.25, 0.3) is 0 Å². The van der Waals surface area contributed by atoms with Crippen molar-refractivity contribution in [3.63, 3.8) is 0 Å². The van der Waals surface area contributed by atoms with Crippen molar-refractivity contribution in [2.75, 3.05) is 31.6 Å². The predicted octanol–water partition coefficient (Wildman–Crippen LogP) is 3.19. The molecular weight excluding hydrogens is 335 g/mol. The number of morpholine rings is 1. The summed E-state index contributed by atoms with van der Waals surface area (Å²) in [5.74, 6) is -0.422. The second-order valence-corrected chi connectivity index (χ2v) is 6.35. The van der Waals surface area contributed by atoms with Gasteiger partial charge in [-0.05, 0) is 36.8 Å². The van der Waals surface area contributed by atoms with Crippen molar-refractivity contribution >= 4 is 12.0 Å². The summed E-state index contributed by atoms with van der Waals surface area (Å²) >= 11 is 0. The Morgan fingerprint density at radius 1 is 1.31 bits per heavy atom. The molecule has 5 nitrogen and oxygen atoms in total. The zero-order valence-electron chi connectivity index (χ0n) is 14.7. The van der Waals surface area contributed by atoms with Crippen LogP contribution in [0.2, 0.25) is 0 Å². The maximum absolute atomic E-state index is 14.7. The molecule has 0 spiro atoms. The highest BCUT2D eigenvalue weighted by molar-refractivity contribution is 5.76. The van der Waals surface area contributed by atoms with E-state index in [-0.39, 0.29) is 11.3 Å². The number of nitrogens with zero attached hydrogens (tertiary/aromatic N) is 1. The van der Waals surface area contributed by atoms with E-state index < -0.39 is 5.82 Å². The molecule has 0 atom stereocenters. The van der Waals surface area contributed by atoms with Crippen LogP contribution in [0.3, 0.4) is 0 Å². The summed E-state index contributed by atoms with van der Waals surface area (Å²) in [6, 6.07) is 10.5. The number of phenolic OH excluding ortho intramolecular Hbond substituents is 1. The first-order valence-electron chi connectivity index (χ1n) is 8.54. The molecule has 26 heavy (non-hydrogen) atoms. The topological polar surface area (TPSA) is 61.8 Å². The maximum atomic E-state index is 14.7. The van der Waals surface area contributed by atoms with Crippen LogP contribution in [0.5, 0.6) is 5.75 Å². The van der Waals surface area contributed by atoms with Crippen molar-refractivity contribution in [3.8, 4) is 5.75 Å². The van der Waals surface area contributed by atoms with Gasteiger partial charge in [0.05, 0.1) is 24.8 Å². The number of hydrogen-bond donors (Lipinski definition) is 2. The largest absolute Gasteiger partial charge is 0.508 e. The first kappa shape index (κ1) is 18.4. The second kappa shape index (κ2) is 8.29. The van der Waals surface area contributed by atoms with Crippen molar-refractivity contribution in [1.29, 1.82) is 0 Å². The van der Waals surface area contributed by atoms with Crippen LogP contribution in [0.25, 0.3) is 0 Å². The number of carbonyl (C=O) groups excluding carboxylic acids is 1. The highest BCUT2D eigenvalue weighted by Gasteiger charge is 2.19. The standard InChI is InChI=1S/C20H22FN2O3/c1-14(22-17-3-2-4-18(25)11-17)19-10-15(9-16(13-24)20(19)21)12-23-5-7-26-8-6-23/h2-4,9-11,13,22,25H,5-8,12H2,1H3. The summed E-state index contributed by atoms with van der Waals surface area (Å²) in [7, 11) is 0. The number of nitrogens with one attached hydrogen (secondary N) is 1. The minimum absolute atomic E-state index is 0.0443. The minimum atomic E-state index is -0.545. The molecular formula is C20H22FN2O3. The second-order valence-electron chi connectivity index (χ2n) is 6.35. The van der Waals surface area contributed by atoms with E-state index >= 15 is 0 Å². The number of carbonyl (C=O) groups is 1. The van der Waals surface area contributed by atoms with Gasteiger partial charge in [-0.3, -0.25) is 9.69 Å². The van der Waals surface area contributed by atoms with E-state index in [1.807, 2.05) is 0 Å². The van der Waals surface area contributed by atoms with E-state index in [9.17, 15) is 14.3 Å². The Kier molecular flexibility index (Phi) is 5.85. The lowest BCUT2D eigenvalue weighted by atomic mass is 9.99. The summed E-state index contributed by atoms with van der Waals surface area (Å²) in [6.45, 7) is 5.37. The predicted molar refractivity (Wildman–Crippen MR) is 97.6 cm³/mol. The average Bonchev–Trinajstić information content (AvgIpc) is 2.63. The minimum Gasteiger partial charge on any atom is -0.508 e. The monoisotopic (exact) mass is 357 g/mol. The van der Waals surface area contributed by atoms with E-state index in [2.05, 4.69) is 10.2 Å². The molecule has 0 aromatic heterocycles. The fourth-order valence-corrected chi connectivity index (χ4v) is 3.04. The summed E-state index contributed by atoms with van der Waals surface area (Å²) in [5.41, 5.74) is 1.92. The van der Waals surface area contributed by atoms with Crippen LogP contribution in [0.4, 0.5) is 10.1 Å². The summed E-state index contributed by atoms with van der Waals surface area (Å²) in [4.78, 5) is 13.5. The zero-order valence-corrected chi connectivity index (χ0v) is 14.7. The van der Waals surface area contributed by atoms with Crippen LogP contribution >= 0.6 is 0 Å². The molecule has 2 aromatic carbocycles. The fourth-order valence-electron chi connectivity index (χ4n) is 3.04. The van der Waals surface area contributed by atoms with E-state index in [1.165, 1.54) is 0 Å². The van der Waals surface area contributed by atoms with Gasteiger partial charge in [0.2, 0.25) is 0 Å². The number of phenols is 1. The zero-order chi connectivity index (χ0) is 18.5. The lowest BCUT2D eigenvalue weighted by molar-refractivity contribution is 0.0341. The molecule has 1 heterocycles. The molecule has 1 radical (unpaired) electrons. The van der Waals surface area contributed by atoms with Gasteiger partial charge in [0, 0.05) is 37.0 Å². The Balaban J connectivity index is 1.84. The molecule has 0 aliphatic carbocycles. The molecule has 2 N–H and O–H groups in total. The summed E-state index contributed by atoms with van der Waals surface area (Å²) < 4.78 is 20.0. The molecule has 0 bridgehead atoms. The van der Waals surface area contributed by atoms with E-state index in [0.29, 0.717) is 43.3 Å². The summed E-state index contributed by atoms with van der Waals surface area (Å²) in [6.07, 6.45) is 0.545. The van der Waals surface area contributed by atoms with E-state index in [1.54, 1.807) is 43.3 Å². The smallest absolute Gasteiger partial charge is 0.153 e. The van der Waals surface area contributed by atoms with E-state index in [0.717, 1.165) is 18.7 Å². The molecule has 1 saturated heterocycles. The number of rotatable bonds is 6. The molecule has 2 aromatic rings. The first-order valence-corrected chi connectivity index (χ1v) is 8.54. The molecule has 1 fully saturated rings. The third-order valence-electron chi connectivity index (χ3n) is 4.38. The Bertz CT molecular complexity index is 776. The average molecular weight is 357 g/mol. The molecule has 6 heteroatoms. The van der Waals surface area contributed by atoms with Crippen LogP contribution in [-0.4, -0.2) is 42.6 Å². The van der Waals surface area contributed by atoms with Crippen molar-refractivity contribution in [1.82, 2.24) is 4.90 Å². The molecule has 137 valence electrons. The number of aromatic hydroxyl groups is 1. The van der Waals surface area contributed by atoms with Crippen LogP contribution in [-0.2, 0) is 11.3 Å². The van der Waals surface area contributed by atoms with Gasteiger partial charge < -0.3 is 15.2 Å². The SMILES string of the molecule is C[C](Nc1cccc(O)c1)c1cc(CN2CCOCC2)cc(C=O)c1F. The third kappa shape index (κ3) is 4.39. The quantitative estimate of drug-likeness (QED) is 0.778. The van der Waals surface area contributed by atoms with Crippen molar-refractivity contribution in [2.24, 2.45) is 0 Å². The van der Waals surface area contributed by atoms with Gasteiger partial charge in [0.1, 0.15) is 11.6 Å². The van der Waals surface area contributed by atoms with Crippen molar-refractivity contribution in [3.05, 3.63) is 64.9 Å². The van der Waals surface area contributed by atoms with Gasteiger partial charge in [0.15, 0.2) is 6.29 Å². The first-order chi connectivity index (χ1) is 12.6. The highest BCUT2D eigenvalue weighted by Crippen LogP contribution is 2.26. The summed E-state index contributed by atoms with van der Waals surface area (Å²) in [5, 5.41) is 12.7. The molecule has 1 aliphatic heterocycles. The van der Waals surface area contributed by atoms with Crippen molar-refractivity contribution < 1.29 is 19.0 Å². The van der Waals surface area contributed by atoms with Gasteiger partial charge >= 0.3 is 0 Å². The Morgan fingerprint density at radius 3 is 2.77 bits per heavy atom. The molecule has 0 saturated carbocycles. The number of benzene rings is 2. The van der Waals surface area contributed by atoms with Gasteiger partial charge in [-0.1, -0.05) is 6.07 Å². The van der Waals surface area contributed by atoms with E-state index in [4.69, 9.17) is 4.74 Å². The molecule has 0 unspecified atom stereocenters. The van der Waals surface area contributed by atoms with Crippen LogP contribution in [0, 0.1) is 11.9 Å². The lowest BCUT2D eigenvalue weighted by Gasteiger charge is -2.27. The Labute approximate surface area is 152 Å². The number of hydrogen-bond acceptors (Lipinski definition) is 5. The fraction of sp³-hybridized carbons (Fsp3) is 0.300. The number of halogens is 1. The molecule has 0 amide bonds. The van der Waals surface area contributed by atoms with Crippen LogP contribution < -0.4 is 5.32 Å². The normalized spacial score (nSPS) is 15.2. The Hall–Kier alpha value is -2.44. The Morgan fingerprint density at radius 2 is 2.08 bits per heavy atom. The molecule has 3 rings (SSSR count). The van der Waals surface area contributed by atoms with Crippen LogP contribution in [0.1, 0.15) is 28.4 Å². The van der Waals surface area contributed by atoms with Gasteiger partial charge in [-0.25, -0.2) is 4.39 Å².